The molecule has 138 valence electrons. The van der Waals surface area contributed by atoms with E-state index in [0.717, 1.165) is 16.3 Å². The van der Waals surface area contributed by atoms with Gasteiger partial charge in [0.1, 0.15) is 16.5 Å². The molecule has 2 heterocycles. The number of aromatic nitrogens is 1. The molecule has 1 aliphatic rings. The number of amides is 2. The van der Waals surface area contributed by atoms with Gasteiger partial charge in [0.2, 0.25) is 0 Å². The molecule has 2 amide bonds. The van der Waals surface area contributed by atoms with E-state index in [2.05, 4.69) is 24.1 Å². The molecule has 1 atom stereocenters. The third-order valence-corrected chi connectivity index (χ3v) is 5.33. The molecule has 1 aliphatic heterocycles. The molecule has 1 unspecified atom stereocenters. The first-order valence-corrected chi connectivity index (χ1v) is 9.52. The maximum Gasteiger partial charge on any atom is 0.270 e. The molecule has 1 aromatic heterocycles. The van der Waals surface area contributed by atoms with Crippen molar-refractivity contribution < 1.29 is 14.3 Å². The van der Waals surface area contributed by atoms with Crippen molar-refractivity contribution in [2.24, 2.45) is 5.92 Å². The zero-order valence-corrected chi connectivity index (χ0v) is 16.2. The Kier molecular flexibility index (Phi) is 5.27. The van der Waals surface area contributed by atoms with Crippen molar-refractivity contribution in [1.82, 2.24) is 10.3 Å². The van der Waals surface area contributed by atoms with E-state index in [1.807, 2.05) is 32.0 Å². The molecule has 0 fully saturated rings. The first-order valence-electron chi connectivity index (χ1n) is 8.64. The normalized spacial score (nSPS) is 14.8. The fraction of sp³-hybridized carbons (Fsp3) is 0.421. The van der Waals surface area contributed by atoms with Gasteiger partial charge in [-0.2, -0.15) is 0 Å². The number of carbonyl (C=O) groups is 2. The lowest BCUT2D eigenvalue weighted by molar-refractivity contribution is -0.121. The van der Waals surface area contributed by atoms with Crippen molar-refractivity contribution in [1.29, 1.82) is 0 Å². The highest BCUT2D eigenvalue weighted by Crippen LogP contribution is 2.34. The summed E-state index contributed by atoms with van der Waals surface area (Å²) in [6.45, 7) is 8.40. The van der Waals surface area contributed by atoms with Gasteiger partial charge in [-0.3, -0.25) is 14.5 Å². The lowest BCUT2D eigenvalue weighted by atomic mass is 10.1. The minimum atomic E-state index is -0.182. The summed E-state index contributed by atoms with van der Waals surface area (Å²) in [7, 11) is 0. The number of carbonyl (C=O) groups excluding carboxylic acids is 2. The van der Waals surface area contributed by atoms with Crippen LogP contribution in [0.15, 0.2) is 23.6 Å². The Balaban J connectivity index is 1.76. The smallest absolute Gasteiger partial charge is 0.270 e. The van der Waals surface area contributed by atoms with Crippen LogP contribution in [0.2, 0.25) is 0 Å². The van der Waals surface area contributed by atoms with Crippen LogP contribution in [0.4, 0.5) is 5.69 Å². The molecule has 6 nitrogen and oxygen atoms in total. The molecule has 0 saturated heterocycles. The number of benzene rings is 1. The van der Waals surface area contributed by atoms with Crippen LogP contribution >= 0.6 is 11.3 Å². The number of thiazole rings is 1. The lowest BCUT2D eigenvalue weighted by Crippen LogP contribution is -2.38. The summed E-state index contributed by atoms with van der Waals surface area (Å²) in [5.41, 5.74) is 2.19. The fourth-order valence-electron chi connectivity index (χ4n) is 2.56. The van der Waals surface area contributed by atoms with Crippen molar-refractivity contribution in [2.75, 3.05) is 11.5 Å². The van der Waals surface area contributed by atoms with Crippen molar-refractivity contribution >= 4 is 28.8 Å². The highest BCUT2D eigenvalue weighted by Gasteiger charge is 2.27. The van der Waals surface area contributed by atoms with Crippen molar-refractivity contribution in [3.63, 3.8) is 0 Å². The van der Waals surface area contributed by atoms with E-state index in [4.69, 9.17) is 4.74 Å². The Bertz CT molecular complexity index is 831. The third-order valence-electron chi connectivity index (χ3n) is 4.49. The standard InChI is InChI=1S/C19H23N3O3S/c1-11(2)13(4)20-19(24)14-10-26-17(21-14)8-22-15-7-12(3)5-6-16(15)25-9-18(22)23/h5-7,10-11,13H,8-9H2,1-4H3,(H,20,24). The molecule has 1 N–H and O–H groups in total. The average molecular weight is 373 g/mol. The van der Waals surface area contributed by atoms with Gasteiger partial charge < -0.3 is 10.1 Å². The molecule has 2 aromatic rings. The van der Waals surface area contributed by atoms with Crippen LogP contribution in [-0.4, -0.2) is 29.4 Å². The van der Waals surface area contributed by atoms with Gasteiger partial charge in [0.05, 0.1) is 12.2 Å². The van der Waals surface area contributed by atoms with Crippen LogP contribution in [0.5, 0.6) is 5.75 Å². The van der Waals surface area contributed by atoms with Gasteiger partial charge in [0, 0.05) is 11.4 Å². The molecule has 0 saturated carbocycles. The highest BCUT2D eigenvalue weighted by molar-refractivity contribution is 7.09. The van der Waals surface area contributed by atoms with Crippen LogP contribution in [-0.2, 0) is 11.3 Å². The number of nitrogens with one attached hydrogen (secondary N) is 1. The van der Waals surface area contributed by atoms with Crippen molar-refractivity contribution in [3.05, 3.63) is 39.8 Å². The van der Waals surface area contributed by atoms with Crippen molar-refractivity contribution in [2.45, 2.75) is 40.3 Å². The van der Waals surface area contributed by atoms with E-state index < -0.39 is 0 Å². The first kappa shape index (κ1) is 18.4. The zero-order valence-electron chi connectivity index (χ0n) is 15.4. The zero-order chi connectivity index (χ0) is 18.8. The predicted octanol–water partition coefficient (Wildman–Crippen LogP) is 3.15. The van der Waals surface area contributed by atoms with Crippen LogP contribution in [0.1, 0.15) is 41.8 Å². The van der Waals surface area contributed by atoms with E-state index in [0.29, 0.717) is 23.9 Å². The van der Waals surface area contributed by atoms with Crippen LogP contribution in [0.3, 0.4) is 0 Å². The average Bonchev–Trinajstić information content (AvgIpc) is 3.06. The molecule has 0 bridgehead atoms. The van der Waals surface area contributed by atoms with Crippen LogP contribution in [0.25, 0.3) is 0 Å². The molecule has 3 rings (SSSR count). The minimum Gasteiger partial charge on any atom is -0.482 e. The molecule has 26 heavy (non-hydrogen) atoms. The van der Waals surface area contributed by atoms with E-state index in [1.54, 1.807) is 10.3 Å². The molecule has 0 spiro atoms. The fourth-order valence-corrected chi connectivity index (χ4v) is 3.32. The van der Waals surface area contributed by atoms with Gasteiger partial charge in [-0.25, -0.2) is 4.98 Å². The Hall–Kier alpha value is -2.41. The van der Waals surface area contributed by atoms with Gasteiger partial charge in [-0.05, 0) is 37.5 Å². The third kappa shape index (κ3) is 3.88. The molecule has 0 aliphatic carbocycles. The summed E-state index contributed by atoms with van der Waals surface area (Å²) < 4.78 is 5.50. The number of nitrogens with zero attached hydrogens (tertiary/aromatic N) is 2. The number of ether oxygens (including phenoxy) is 1. The number of aryl methyl sites for hydroxylation is 1. The summed E-state index contributed by atoms with van der Waals surface area (Å²) in [5.74, 6) is 0.745. The second kappa shape index (κ2) is 7.45. The van der Waals surface area contributed by atoms with E-state index in [1.165, 1.54) is 11.3 Å². The predicted molar refractivity (Wildman–Crippen MR) is 102 cm³/mol. The Morgan fingerprint density at radius 2 is 2.15 bits per heavy atom. The number of fused-ring (bicyclic) bond motifs is 1. The number of rotatable bonds is 5. The maximum atomic E-state index is 12.3. The summed E-state index contributed by atoms with van der Waals surface area (Å²) in [5, 5.41) is 5.40. The second-order valence-corrected chi connectivity index (χ2v) is 7.82. The summed E-state index contributed by atoms with van der Waals surface area (Å²) >= 11 is 1.38. The van der Waals surface area contributed by atoms with Crippen molar-refractivity contribution in [3.8, 4) is 5.75 Å². The summed E-state index contributed by atoms with van der Waals surface area (Å²) in [6.07, 6.45) is 0. The molecular formula is C19H23N3O3S. The number of hydrogen-bond donors (Lipinski definition) is 1. The largest absolute Gasteiger partial charge is 0.482 e. The molecule has 0 radical (unpaired) electrons. The van der Waals surface area contributed by atoms with Gasteiger partial charge in [-0.15, -0.1) is 11.3 Å². The minimum absolute atomic E-state index is 0.0146. The number of hydrogen-bond acceptors (Lipinski definition) is 5. The van der Waals surface area contributed by atoms with E-state index in [9.17, 15) is 9.59 Å². The summed E-state index contributed by atoms with van der Waals surface area (Å²) in [4.78, 5) is 30.7. The Morgan fingerprint density at radius 1 is 1.38 bits per heavy atom. The van der Waals surface area contributed by atoms with E-state index in [-0.39, 0.29) is 24.5 Å². The maximum absolute atomic E-state index is 12.3. The number of anilines is 1. The first-order chi connectivity index (χ1) is 12.3. The van der Waals surface area contributed by atoms with Gasteiger partial charge in [-0.1, -0.05) is 19.9 Å². The molecule has 1 aromatic carbocycles. The molecular weight excluding hydrogens is 350 g/mol. The lowest BCUT2D eigenvalue weighted by Gasteiger charge is -2.29. The van der Waals surface area contributed by atoms with Gasteiger partial charge in [0.15, 0.2) is 6.61 Å². The van der Waals surface area contributed by atoms with Crippen LogP contribution < -0.4 is 15.0 Å². The van der Waals surface area contributed by atoms with Gasteiger partial charge in [0.25, 0.3) is 11.8 Å². The highest BCUT2D eigenvalue weighted by atomic mass is 32.1. The second-order valence-electron chi connectivity index (χ2n) is 6.87. The summed E-state index contributed by atoms with van der Waals surface area (Å²) in [6, 6.07) is 5.83. The Labute approximate surface area is 157 Å². The quantitative estimate of drug-likeness (QED) is 0.874. The SMILES string of the molecule is Cc1ccc2c(c1)N(Cc1nc(C(=O)NC(C)C(C)C)cs1)C(=O)CO2. The topological polar surface area (TPSA) is 71.5 Å². The van der Waals surface area contributed by atoms with Crippen LogP contribution in [0, 0.1) is 12.8 Å². The molecule has 7 heteroatoms. The van der Waals surface area contributed by atoms with Gasteiger partial charge >= 0.3 is 0 Å². The monoisotopic (exact) mass is 373 g/mol. The van der Waals surface area contributed by atoms with E-state index >= 15 is 0 Å². The Morgan fingerprint density at radius 3 is 2.88 bits per heavy atom.